The fourth-order valence-electron chi connectivity index (χ4n) is 5.31. The standard InChI is InChI=1S/C38H39N3O4/c1-7-14-29-20-28(21-35(43-6)36(29)45-24-27-15-10-9-11-16-27)23-39-41-37(40-33-18-13-12-17-30(33)38(41)42)32-22-31(25(3)4)34(44-8-2)19-26(32)5/h7,9-13,15-23,25H,1,8,14,24H2,2-6H3. The lowest BCUT2D eigenvalue weighted by Crippen LogP contribution is -2.21. The summed E-state index contributed by atoms with van der Waals surface area (Å²) in [4.78, 5) is 18.9. The van der Waals surface area contributed by atoms with Crippen LogP contribution in [0.3, 0.4) is 0 Å². The number of hydrogen-bond donors (Lipinski definition) is 0. The van der Waals surface area contributed by atoms with Crippen molar-refractivity contribution in [3.63, 3.8) is 0 Å². The molecule has 5 rings (SSSR count). The van der Waals surface area contributed by atoms with Gasteiger partial charge in [-0.1, -0.05) is 62.4 Å². The second-order valence-corrected chi connectivity index (χ2v) is 11.1. The van der Waals surface area contributed by atoms with E-state index in [0.717, 1.165) is 39.1 Å². The quantitative estimate of drug-likeness (QED) is 0.107. The van der Waals surface area contributed by atoms with Gasteiger partial charge in [0, 0.05) is 11.1 Å². The molecule has 7 nitrogen and oxygen atoms in total. The molecule has 1 heterocycles. The van der Waals surface area contributed by atoms with Crippen molar-refractivity contribution < 1.29 is 14.2 Å². The number of rotatable bonds is 12. The smallest absolute Gasteiger partial charge is 0.282 e. The lowest BCUT2D eigenvalue weighted by atomic mass is 9.96. The Morgan fingerprint density at radius 1 is 0.978 bits per heavy atom. The summed E-state index contributed by atoms with van der Waals surface area (Å²) < 4.78 is 19.3. The first-order valence-corrected chi connectivity index (χ1v) is 15.2. The molecule has 4 aromatic carbocycles. The molecule has 0 aliphatic rings. The SMILES string of the molecule is C=CCc1cc(C=Nn2c(-c3cc(C(C)C)c(OCC)cc3C)nc3ccccc3c2=O)cc(OC)c1OCc1ccccc1. The van der Waals surface area contributed by atoms with Crippen LogP contribution in [0.2, 0.25) is 0 Å². The van der Waals surface area contributed by atoms with Gasteiger partial charge in [-0.05, 0) is 84.8 Å². The highest BCUT2D eigenvalue weighted by Gasteiger charge is 2.19. The van der Waals surface area contributed by atoms with Crippen LogP contribution in [0.4, 0.5) is 0 Å². The molecule has 0 bridgehead atoms. The number of nitrogens with zero attached hydrogens (tertiary/aromatic N) is 3. The molecule has 0 saturated carbocycles. The van der Waals surface area contributed by atoms with Crippen molar-refractivity contribution >= 4 is 17.1 Å². The molecule has 0 unspecified atom stereocenters. The van der Waals surface area contributed by atoms with Crippen LogP contribution in [0.25, 0.3) is 22.3 Å². The first-order chi connectivity index (χ1) is 21.8. The van der Waals surface area contributed by atoms with E-state index < -0.39 is 0 Å². The second-order valence-electron chi connectivity index (χ2n) is 11.1. The van der Waals surface area contributed by atoms with Gasteiger partial charge < -0.3 is 14.2 Å². The molecule has 230 valence electrons. The third-order valence-corrected chi connectivity index (χ3v) is 7.56. The maximum atomic E-state index is 13.9. The van der Waals surface area contributed by atoms with E-state index in [1.807, 2.05) is 86.7 Å². The molecule has 0 amide bonds. The molecule has 0 spiro atoms. The zero-order valence-electron chi connectivity index (χ0n) is 26.5. The summed E-state index contributed by atoms with van der Waals surface area (Å²) in [6, 6.07) is 25.2. The second kappa shape index (κ2) is 14.1. The molecule has 7 heteroatoms. The van der Waals surface area contributed by atoms with Crippen LogP contribution in [0.5, 0.6) is 17.2 Å². The van der Waals surface area contributed by atoms with Gasteiger partial charge in [0.15, 0.2) is 17.3 Å². The number of aromatic nitrogens is 2. The highest BCUT2D eigenvalue weighted by atomic mass is 16.5. The van der Waals surface area contributed by atoms with Gasteiger partial charge in [-0.3, -0.25) is 4.79 Å². The third-order valence-electron chi connectivity index (χ3n) is 7.56. The molecule has 0 aliphatic carbocycles. The van der Waals surface area contributed by atoms with Gasteiger partial charge in [0.1, 0.15) is 12.4 Å². The summed E-state index contributed by atoms with van der Waals surface area (Å²) in [6.07, 6.45) is 4.04. The van der Waals surface area contributed by atoms with Crippen LogP contribution < -0.4 is 19.8 Å². The molecule has 0 fully saturated rings. The lowest BCUT2D eigenvalue weighted by Gasteiger charge is -2.18. The monoisotopic (exact) mass is 601 g/mol. The Balaban J connectivity index is 1.63. The summed E-state index contributed by atoms with van der Waals surface area (Å²) in [6.45, 7) is 13.1. The van der Waals surface area contributed by atoms with E-state index in [4.69, 9.17) is 24.3 Å². The summed E-state index contributed by atoms with van der Waals surface area (Å²) in [5.74, 6) is 2.71. The van der Waals surface area contributed by atoms with E-state index in [-0.39, 0.29) is 11.5 Å². The van der Waals surface area contributed by atoms with E-state index in [1.54, 1.807) is 19.4 Å². The normalized spacial score (nSPS) is 11.3. The number of methoxy groups -OCH3 is 1. The molecular weight excluding hydrogens is 562 g/mol. The molecule has 0 radical (unpaired) electrons. The zero-order valence-corrected chi connectivity index (χ0v) is 26.5. The largest absolute Gasteiger partial charge is 0.494 e. The topological polar surface area (TPSA) is 74.9 Å². The van der Waals surface area contributed by atoms with Crippen LogP contribution >= 0.6 is 0 Å². The lowest BCUT2D eigenvalue weighted by molar-refractivity contribution is 0.282. The van der Waals surface area contributed by atoms with E-state index in [1.165, 1.54) is 4.68 Å². The van der Waals surface area contributed by atoms with Gasteiger partial charge in [0.05, 0.1) is 30.8 Å². The van der Waals surface area contributed by atoms with Crippen LogP contribution in [0.1, 0.15) is 54.5 Å². The van der Waals surface area contributed by atoms with Crippen LogP contribution in [0, 0.1) is 6.92 Å². The summed E-state index contributed by atoms with van der Waals surface area (Å²) in [5, 5.41) is 5.23. The van der Waals surface area contributed by atoms with Gasteiger partial charge in [-0.15, -0.1) is 6.58 Å². The molecule has 45 heavy (non-hydrogen) atoms. The maximum absolute atomic E-state index is 13.9. The molecule has 1 aromatic heterocycles. The Bertz CT molecular complexity index is 1910. The van der Waals surface area contributed by atoms with Crippen molar-refractivity contribution in [1.82, 2.24) is 9.66 Å². The molecular formula is C38H39N3O4. The van der Waals surface area contributed by atoms with Crippen molar-refractivity contribution in [3.05, 3.63) is 130 Å². The Labute approximate surface area is 264 Å². The van der Waals surface area contributed by atoms with Crippen LogP contribution in [-0.4, -0.2) is 29.6 Å². The van der Waals surface area contributed by atoms with E-state index >= 15 is 0 Å². The fraction of sp³-hybridized carbons (Fsp3) is 0.237. The summed E-state index contributed by atoms with van der Waals surface area (Å²) in [7, 11) is 1.61. The zero-order chi connectivity index (χ0) is 31.9. The minimum absolute atomic E-state index is 0.202. The molecule has 0 atom stereocenters. The first-order valence-electron chi connectivity index (χ1n) is 15.2. The fourth-order valence-corrected chi connectivity index (χ4v) is 5.31. The third kappa shape index (κ3) is 6.83. The Kier molecular flexibility index (Phi) is 9.78. The van der Waals surface area contributed by atoms with Crippen LogP contribution in [0.15, 0.2) is 101 Å². The van der Waals surface area contributed by atoms with E-state index in [0.29, 0.717) is 47.9 Å². The van der Waals surface area contributed by atoms with Gasteiger partial charge >= 0.3 is 0 Å². The Hall–Kier alpha value is -5.17. The van der Waals surface area contributed by atoms with Gasteiger partial charge in [-0.2, -0.15) is 9.78 Å². The van der Waals surface area contributed by atoms with Crippen LogP contribution in [-0.2, 0) is 13.0 Å². The highest BCUT2D eigenvalue weighted by Crippen LogP contribution is 2.35. The first kappa shape index (κ1) is 31.3. The van der Waals surface area contributed by atoms with Gasteiger partial charge in [0.2, 0.25) is 0 Å². The van der Waals surface area contributed by atoms with Crippen molar-refractivity contribution in [2.75, 3.05) is 13.7 Å². The van der Waals surface area contributed by atoms with Crippen molar-refractivity contribution in [2.24, 2.45) is 5.10 Å². The van der Waals surface area contributed by atoms with Gasteiger partial charge in [-0.25, -0.2) is 4.98 Å². The Morgan fingerprint density at radius 3 is 2.44 bits per heavy atom. The average molecular weight is 602 g/mol. The number of allylic oxidation sites excluding steroid dienone is 1. The molecule has 0 saturated heterocycles. The molecule has 0 N–H and O–H groups in total. The predicted octanol–water partition coefficient (Wildman–Crippen LogP) is 8.09. The number of benzene rings is 4. The number of hydrogen-bond acceptors (Lipinski definition) is 6. The van der Waals surface area contributed by atoms with E-state index in [9.17, 15) is 4.79 Å². The average Bonchev–Trinajstić information content (AvgIpc) is 3.04. The van der Waals surface area contributed by atoms with Crippen molar-refractivity contribution in [2.45, 2.75) is 46.6 Å². The van der Waals surface area contributed by atoms with Gasteiger partial charge in [0.25, 0.3) is 5.56 Å². The number of para-hydroxylation sites is 1. The molecule has 0 aliphatic heterocycles. The number of fused-ring (bicyclic) bond motifs is 1. The minimum Gasteiger partial charge on any atom is -0.494 e. The highest BCUT2D eigenvalue weighted by molar-refractivity contribution is 5.83. The van der Waals surface area contributed by atoms with E-state index in [2.05, 4.69) is 26.5 Å². The maximum Gasteiger partial charge on any atom is 0.282 e. The minimum atomic E-state index is -0.257. The number of ether oxygens (including phenoxy) is 3. The van der Waals surface area contributed by atoms with Crippen molar-refractivity contribution in [3.8, 4) is 28.6 Å². The molecule has 5 aromatic rings. The Morgan fingerprint density at radius 2 is 1.73 bits per heavy atom. The number of aryl methyl sites for hydroxylation is 1. The summed E-state index contributed by atoms with van der Waals surface area (Å²) >= 11 is 0. The summed E-state index contributed by atoms with van der Waals surface area (Å²) in [5.41, 5.74) is 5.84. The van der Waals surface area contributed by atoms with Crippen molar-refractivity contribution in [1.29, 1.82) is 0 Å². The predicted molar refractivity (Wildman–Crippen MR) is 182 cm³/mol.